The molecule has 24 heavy (non-hydrogen) atoms. The monoisotopic (exact) mass is 388 g/mol. The van der Waals surface area contributed by atoms with E-state index in [0.29, 0.717) is 23.6 Å². The number of nitrogens with zero attached hydrogens (tertiary/aromatic N) is 5. The quantitative estimate of drug-likeness (QED) is 0.299. The van der Waals surface area contributed by atoms with E-state index in [-0.39, 0.29) is 5.84 Å². The van der Waals surface area contributed by atoms with Gasteiger partial charge >= 0.3 is 0 Å². The van der Waals surface area contributed by atoms with Crippen LogP contribution >= 0.6 is 15.9 Å². The summed E-state index contributed by atoms with van der Waals surface area (Å²) in [6.45, 7) is 0.373. The molecule has 1 heterocycles. The van der Waals surface area contributed by atoms with E-state index in [4.69, 9.17) is 15.7 Å². The van der Waals surface area contributed by atoms with Gasteiger partial charge in [0.1, 0.15) is 24.4 Å². The Kier molecular flexibility index (Phi) is 4.71. The molecule has 0 aliphatic rings. The van der Waals surface area contributed by atoms with Crippen LogP contribution in [-0.2, 0) is 6.61 Å². The van der Waals surface area contributed by atoms with Crippen LogP contribution in [-0.4, -0.2) is 31.3 Å². The zero-order chi connectivity index (χ0) is 16.9. The molecule has 0 amide bonds. The topological polar surface area (TPSA) is 111 Å². The number of nitrogens with two attached hydrogens (primary N) is 1. The Hall–Kier alpha value is -2.94. The summed E-state index contributed by atoms with van der Waals surface area (Å²) < 4.78 is 8.32. The third-order valence-corrected chi connectivity index (χ3v) is 3.73. The second-order valence-electron chi connectivity index (χ2n) is 4.84. The molecule has 0 aliphatic carbocycles. The summed E-state index contributed by atoms with van der Waals surface area (Å²) in [6.07, 6.45) is 1.44. The molecular formula is C15H13BrN6O2. The highest BCUT2D eigenvalue weighted by atomic mass is 79.9. The first-order chi connectivity index (χ1) is 11.7. The second-order valence-corrected chi connectivity index (χ2v) is 5.76. The molecule has 1 aromatic heterocycles. The lowest BCUT2D eigenvalue weighted by atomic mass is 10.1. The first-order valence-corrected chi connectivity index (χ1v) is 7.69. The van der Waals surface area contributed by atoms with Gasteiger partial charge in [-0.15, -0.1) is 5.10 Å². The van der Waals surface area contributed by atoms with Crippen LogP contribution in [0.25, 0.3) is 5.69 Å². The summed E-state index contributed by atoms with van der Waals surface area (Å²) in [5.74, 6) is 0.555. The number of ether oxygens (including phenoxy) is 1. The molecule has 0 bridgehead atoms. The lowest BCUT2D eigenvalue weighted by Gasteiger charge is -2.12. The summed E-state index contributed by atoms with van der Waals surface area (Å²) >= 11 is 3.43. The van der Waals surface area contributed by atoms with Crippen molar-refractivity contribution >= 4 is 21.8 Å². The van der Waals surface area contributed by atoms with Gasteiger partial charge in [0.05, 0.1) is 0 Å². The maximum absolute atomic E-state index is 8.84. The highest BCUT2D eigenvalue weighted by molar-refractivity contribution is 9.10. The Morgan fingerprint density at radius 1 is 1.29 bits per heavy atom. The Morgan fingerprint density at radius 2 is 2.17 bits per heavy atom. The number of rotatable bonds is 5. The Bertz CT molecular complexity index is 866. The average molecular weight is 389 g/mol. The minimum atomic E-state index is -0.0112. The smallest absolute Gasteiger partial charge is 0.170 e. The second kappa shape index (κ2) is 7.09. The van der Waals surface area contributed by atoms with Crippen LogP contribution in [0.5, 0.6) is 5.75 Å². The highest BCUT2D eigenvalue weighted by Gasteiger charge is 2.11. The Labute approximate surface area is 145 Å². The predicted octanol–water partition coefficient (Wildman–Crippen LogP) is 2.10. The predicted molar refractivity (Wildman–Crippen MR) is 90.1 cm³/mol. The zero-order valence-corrected chi connectivity index (χ0v) is 14.0. The third kappa shape index (κ3) is 3.51. The number of aromatic nitrogens is 4. The van der Waals surface area contributed by atoms with Crippen molar-refractivity contribution in [2.24, 2.45) is 10.9 Å². The first kappa shape index (κ1) is 15.9. The van der Waals surface area contributed by atoms with Crippen LogP contribution in [0.4, 0.5) is 0 Å². The van der Waals surface area contributed by atoms with Crippen molar-refractivity contribution in [2.75, 3.05) is 0 Å². The van der Waals surface area contributed by atoms with Gasteiger partial charge in [-0.1, -0.05) is 33.2 Å². The van der Waals surface area contributed by atoms with E-state index in [0.717, 1.165) is 10.0 Å². The molecule has 0 unspecified atom stereocenters. The number of halogens is 1. The standard InChI is InChI=1S/C15H13BrN6O2/c16-12-3-1-2-10(6-12)8-24-14-5-4-11(15(17)19-23)7-13(14)22-9-18-20-21-22/h1-7,9,23H,8H2,(H2,17,19). The molecule has 2 aromatic carbocycles. The fourth-order valence-electron chi connectivity index (χ4n) is 2.10. The molecule has 0 saturated heterocycles. The van der Waals surface area contributed by atoms with Gasteiger partial charge in [-0.05, 0) is 46.3 Å². The van der Waals surface area contributed by atoms with Crippen LogP contribution in [0, 0.1) is 0 Å². The molecule has 0 saturated carbocycles. The fourth-order valence-corrected chi connectivity index (χ4v) is 2.54. The van der Waals surface area contributed by atoms with E-state index in [1.54, 1.807) is 18.2 Å². The van der Waals surface area contributed by atoms with Crippen molar-refractivity contribution in [1.29, 1.82) is 0 Å². The Balaban J connectivity index is 1.92. The SMILES string of the molecule is NC(=NO)c1ccc(OCc2cccc(Br)c2)c(-n2cnnn2)c1. The average Bonchev–Trinajstić information content (AvgIpc) is 3.13. The van der Waals surface area contributed by atoms with Gasteiger partial charge in [-0.2, -0.15) is 4.68 Å². The summed E-state index contributed by atoms with van der Waals surface area (Å²) in [7, 11) is 0. The minimum Gasteiger partial charge on any atom is -0.487 e. The molecule has 122 valence electrons. The van der Waals surface area contributed by atoms with Crippen molar-refractivity contribution in [3.8, 4) is 11.4 Å². The molecular weight excluding hydrogens is 376 g/mol. The van der Waals surface area contributed by atoms with E-state index >= 15 is 0 Å². The molecule has 0 aliphatic heterocycles. The van der Waals surface area contributed by atoms with Crippen molar-refractivity contribution in [1.82, 2.24) is 20.2 Å². The van der Waals surface area contributed by atoms with E-state index in [2.05, 4.69) is 36.6 Å². The first-order valence-electron chi connectivity index (χ1n) is 6.90. The molecule has 8 nitrogen and oxygen atoms in total. The summed E-state index contributed by atoms with van der Waals surface area (Å²) in [6, 6.07) is 12.9. The van der Waals surface area contributed by atoms with Gasteiger partial charge < -0.3 is 15.7 Å². The highest BCUT2D eigenvalue weighted by Crippen LogP contribution is 2.25. The molecule has 0 fully saturated rings. The van der Waals surface area contributed by atoms with Gasteiger partial charge in [0.15, 0.2) is 5.84 Å². The van der Waals surface area contributed by atoms with Gasteiger partial charge in [0.25, 0.3) is 0 Å². The molecule has 3 aromatic rings. The van der Waals surface area contributed by atoms with Crippen molar-refractivity contribution < 1.29 is 9.94 Å². The number of benzene rings is 2. The van der Waals surface area contributed by atoms with Crippen molar-refractivity contribution in [3.05, 3.63) is 64.4 Å². The summed E-state index contributed by atoms with van der Waals surface area (Å²) in [4.78, 5) is 0. The lowest BCUT2D eigenvalue weighted by molar-refractivity contribution is 0.304. The van der Waals surface area contributed by atoms with Crippen molar-refractivity contribution in [2.45, 2.75) is 6.61 Å². The summed E-state index contributed by atoms with van der Waals surface area (Å²) in [5.41, 5.74) is 7.76. The minimum absolute atomic E-state index is 0.0112. The fraction of sp³-hybridized carbons (Fsp3) is 0.0667. The van der Waals surface area contributed by atoms with E-state index in [1.807, 2.05) is 24.3 Å². The third-order valence-electron chi connectivity index (χ3n) is 3.24. The number of oxime groups is 1. The summed E-state index contributed by atoms with van der Waals surface area (Å²) in [5, 5.41) is 23.0. The molecule has 9 heteroatoms. The van der Waals surface area contributed by atoms with Crippen LogP contribution in [0.3, 0.4) is 0 Å². The van der Waals surface area contributed by atoms with Gasteiger partial charge in [0, 0.05) is 10.0 Å². The number of hydrogen-bond donors (Lipinski definition) is 2. The molecule has 0 radical (unpaired) electrons. The van der Waals surface area contributed by atoms with E-state index in [1.165, 1.54) is 11.0 Å². The lowest BCUT2D eigenvalue weighted by Crippen LogP contribution is -2.14. The van der Waals surface area contributed by atoms with E-state index < -0.39 is 0 Å². The molecule has 0 atom stereocenters. The number of amidine groups is 1. The van der Waals surface area contributed by atoms with Crippen LogP contribution in [0.1, 0.15) is 11.1 Å². The van der Waals surface area contributed by atoms with Crippen molar-refractivity contribution in [3.63, 3.8) is 0 Å². The van der Waals surface area contributed by atoms with E-state index in [9.17, 15) is 0 Å². The van der Waals surface area contributed by atoms with Gasteiger partial charge in [-0.25, -0.2) is 0 Å². The van der Waals surface area contributed by atoms with Crippen LogP contribution in [0.2, 0.25) is 0 Å². The van der Waals surface area contributed by atoms with Gasteiger partial charge in [-0.3, -0.25) is 0 Å². The van der Waals surface area contributed by atoms with Crippen LogP contribution < -0.4 is 10.5 Å². The number of hydrogen-bond acceptors (Lipinski definition) is 6. The van der Waals surface area contributed by atoms with Gasteiger partial charge in [0.2, 0.25) is 0 Å². The zero-order valence-electron chi connectivity index (χ0n) is 12.4. The maximum atomic E-state index is 8.84. The molecule has 3 rings (SSSR count). The molecule has 3 N–H and O–H groups in total. The largest absolute Gasteiger partial charge is 0.487 e. The Morgan fingerprint density at radius 3 is 2.88 bits per heavy atom. The normalized spacial score (nSPS) is 11.5. The maximum Gasteiger partial charge on any atom is 0.170 e. The van der Waals surface area contributed by atoms with Crippen LogP contribution in [0.15, 0.2) is 58.4 Å². The number of tetrazole rings is 1. The molecule has 0 spiro atoms.